The normalized spacial score (nSPS) is 17.8. The minimum Gasteiger partial charge on any atom is -0.286 e. The Labute approximate surface area is 124 Å². The molecule has 0 spiro atoms. The maximum Gasteiger partial charge on any atom is 0.229 e. The molecule has 3 heterocycles. The summed E-state index contributed by atoms with van der Waals surface area (Å²) in [5.41, 5.74) is 9.26. The number of anilines is 1. The topological polar surface area (TPSA) is 108 Å². The number of amides is 1. The van der Waals surface area contributed by atoms with Gasteiger partial charge in [0.15, 0.2) is 0 Å². The van der Waals surface area contributed by atoms with E-state index in [1.807, 2.05) is 12.1 Å². The predicted molar refractivity (Wildman–Crippen MR) is 77.6 cm³/mol. The fraction of sp³-hybridized carbons (Fsp3) is 0.333. The number of aromatic nitrogens is 3. The molecular weight excluding hydrogens is 290 g/mol. The maximum atomic E-state index is 12.0. The minimum atomic E-state index is -0.00873. The van der Waals surface area contributed by atoms with Gasteiger partial charge >= 0.3 is 0 Å². The highest BCUT2D eigenvalue weighted by Crippen LogP contribution is 2.32. The molecule has 1 fully saturated rings. The van der Waals surface area contributed by atoms with Gasteiger partial charge in [-0.3, -0.25) is 14.7 Å². The number of pyridine rings is 1. The molecule has 1 aliphatic rings. The molecule has 0 saturated carbocycles. The largest absolute Gasteiger partial charge is 0.286 e. The second kappa shape index (κ2) is 5.86. The number of hydrogen-bond donors (Lipinski definition) is 0. The molecule has 1 aliphatic heterocycles. The summed E-state index contributed by atoms with van der Waals surface area (Å²) >= 11 is 1.36. The Morgan fingerprint density at radius 3 is 3.00 bits per heavy atom. The van der Waals surface area contributed by atoms with Gasteiger partial charge in [-0.05, 0) is 23.6 Å². The van der Waals surface area contributed by atoms with Crippen molar-refractivity contribution in [3.05, 3.63) is 35.0 Å². The number of azide groups is 1. The first kappa shape index (κ1) is 13.5. The summed E-state index contributed by atoms with van der Waals surface area (Å²) in [4.78, 5) is 20.3. The van der Waals surface area contributed by atoms with Crippen molar-refractivity contribution in [2.45, 2.75) is 6.42 Å². The van der Waals surface area contributed by atoms with Crippen molar-refractivity contribution >= 4 is 22.4 Å². The monoisotopic (exact) mass is 301 g/mol. The zero-order valence-corrected chi connectivity index (χ0v) is 11.8. The van der Waals surface area contributed by atoms with E-state index in [9.17, 15) is 4.79 Å². The van der Waals surface area contributed by atoms with E-state index in [1.54, 1.807) is 17.3 Å². The Balaban J connectivity index is 1.77. The van der Waals surface area contributed by atoms with Crippen molar-refractivity contribution in [1.29, 1.82) is 0 Å². The van der Waals surface area contributed by atoms with Gasteiger partial charge in [-0.1, -0.05) is 16.5 Å². The third-order valence-corrected chi connectivity index (χ3v) is 4.18. The molecule has 1 unspecified atom stereocenters. The molecule has 21 heavy (non-hydrogen) atoms. The van der Waals surface area contributed by atoms with E-state index >= 15 is 0 Å². The number of carbonyl (C=O) groups excluding carboxylic acids is 1. The number of nitrogens with zero attached hydrogens (tertiary/aromatic N) is 7. The van der Waals surface area contributed by atoms with Crippen LogP contribution in [-0.4, -0.2) is 34.2 Å². The summed E-state index contributed by atoms with van der Waals surface area (Å²) < 4.78 is 0. The highest BCUT2D eigenvalue weighted by molar-refractivity contribution is 7.18. The van der Waals surface area contributed by atoms with Gasteiger partial charge in [0.2, 0.25) is 11.0 Å². The smallest absolute Gasteiger partial charge is 0.229 e. The first-order valence-corrected chi connectivity index (χ1v) is 7.14. The fourth-order valence-electron chi connectivity index (χ4n) is 2.18. The summed E-state index contributed by atoms with van der Waals surface area (Å²) in [5, 5.41) is 13.1. The SMILES string of the molecule is [N-]=[N+]=NCC1CC(=O)N(c2nnc(-c3ccncc3)s2)C1. The number of carbonyl (C=O) groups is 1. The molecule has 2 aromatic heterocycles. The molecule has 0 radical (unpaired) electrons. The molecule has 0 aliphatic carbocycles. The van der Waals surface area contributed by atoms with Crippen LogP contribution in [0.4, 0.5) is 5.13 Å². The molecule has 106 valence electrons. The summed E-state index contributed by atoms with van der Waals surface area (Å²) in [6, 6.07) is 3.70. The van der Waals surface area contributed by atoms with Gasteiger partial charge in [0.25, 0.3) is 0 Å². The lowest BCUT2D eigenvalue weighted by atomic mass is 10.1. The summed E-state index contributed by atoms with van der Waals surface area (Å²) in [7, 11) is 0. The second-order valence-corrected chi connectivity index (χ2v) is 5.57. The van der Waals surface area contributed by atoms with Crippen LogP contribution in [0.5, 0.6) is 0 Å². The van der Waals surface area contributed by atoms with Crippen molar-refractivity contribution in [3.63, 3.8) is 0 Å². The van der Waals surface area contributed by atoms with Crippen LogP contribution in [-0.2, 0) is 4.79 Å². The van der Waals surface area contributed by atoms with Crippen molar-refractivity contribution in [3.8, 4) is 10.6 Å². The van der Waals surface area contributed by atoms with Gasteiger partial charge < -0.3 is 0 Å². The van der Waals surface area contributed by atoms with Crippen molar-refractivity contribution in [2.75, 3.05) is 18.0 Å². The second-order valence-electron chi connectivity index (χ2n) is 4.61. The average molecular weight is 301 g/mol. The van der Waals surface area contributed by atoms with E-state index in [2.05, 4.69) is 25.2 Å². The van der Waals surface area contributed by atoms with E-state index in [4.69, 9.17) is 5.53 Å². The molecule has 1 amide bonds. The predicted octanol–water partition coefficient (Wildman–Crippen LogP) is 2.26. The molecule has 0 bridgehead atoms. The molecule has 8 nitrogen and oxygen atoms in total. The Hall–Kier alpha value is -2.51. The van der Waals surface area contributed by atoms with E-state index in [0.717, 1.165) is 10.6 Å². The quantitative estimate of drug-likeness (QED) is 0.490. The van der Waals surface area contributed by atoms with Crippen LogP contribution in [0.15, 0.2) is 29.6 Å². The van der Waals surface area contributed by atoms with Crippen LogP contribution in [0.25, 0.3) is 21.0 Å². The first-order valence-electron chi connectivity index (χ1n) is 6.33. The molecule has 1 saturated heterocycles. The van der Waals surface area contributed by atoms with E-state index in [1.165, 1.54) is 11.3 Å². The average Bonchev–Trinajstić information content (AvgIpc) is 3.12. The van der Waals surface area contributed by atoms with Crippen LogP contribution in [0, 0.1) is 5.92 Å². The standard InChI is InChI=1S/C12H11N7OS/c13-18-15-6-8-5-10(20)19(7-8)12-17-16-11(21-12)9-1-3-14-4-2-9/h1-4,8H,5-7H2. The highest BCUT2D eigenvalue weighted by Gasteiger charge is 2.32. The lowest BCUT2D eigenvalue weighted by Crippen LogP contribution is -2.24. The van der Waals surface area contributed by atoms with Crippen molar-refractivity contribution in [1.82, 2.24) is 15.2 Å². The number of rotatable bonds is 4. The van der Waals surface area contributed by atoms with Crippen molar-refractivity contribution in [2.24, 2.45) is 11.0 Å². The fourth-order valence-corrected chi connectivity index (χ4v) is 3.05. The van der Waals surface area contributed by atoms with Gasteiger partial charge in [0.05, 0.1) is 0 Å². The van der Waals surface area contributed by atoms with Crippen LogP contribution < -0.4 is 4.90 Å². The molecule has 9 heteroatoms. The summed E-state index contributed by atoms with van der Waals surface area (Å²) in [6.45, 7) is 0.845. The zero-order chi connectivity index (χ0) is 14.7. The molecule has 0 N–H and O–H groups in total. The highest BCUT2D eigenvalue weighted by atomic mass is 32.1. The third kappa shape index (κ3) is 2.83. The minimum absolute atomic E-state index is 0.00873. The maximum absolute atomic E-state index is 12.0. The van der Waals surface area contributed by atoms with Crippen LogP contribution >= 0.6 is 11.3 Å². The Morgan fingerprint density at radius 2 is 2.24 bits per heavy atom. The summed E-state index contributed by atoms with van der Waals surface area (Å²) in [5.74, 6) is 0.0345. The Kier molecular flexibility index (Phi) is 3.76. The first-order chi connectivity index (χ1) is 10.3. The van der Waals surface area contributed by atoms with Gasteiger partial charge in [-0.25, -0.2) is 0 Å². The third-order valence-electron chi connectivity index (χ3n) is 3.18. The van der Waals surface area contributed by atoms with E-state index in [0.29, 0.717) is 24.6 Å². The zero-order valence-electron chi connectivity index (χ0n) is 11.0. The lowest BCUT2D eigenvalue weighted by Gasteiger charge is -2.10. The number of hydrogen-bond acceptors (Lipinski definition) is 6. The lowest BCUT2D eigenvalue weighted by molar-refractivity contribution is -0.117. The van der Waals surface area contributed by atoms with Gasteiger partial charge in [-0.2, -0.15) is 0 Å². The summed E-state index contributed by atoms with van der Waals surface area (Å²) in [6.07, 6.45) is 3.75. The van der Waals surface area contributed by atoms with E-state index in [-0.39, 0.29) is 11.8 Å². The van der Waals surface area contributed by atoms with Crippen molar-refractivity contribution < 1.29 is 4.79 Å². The Bertz CT molecular complexity index is 695. The molecular formula is C12H11N7OS. The Morgan fingerprint density at radius 1 is 1.43 bits per heavy atom. The van der Waals surface area contributed by atoms with Gasteiger partial charge in [0, 0.05) is 42.4 Å². The molecule has 1 atom stereocenters. The van der Waals surface area contributed by atoms with Gasteiger partial charge in [0.1, 0.15) is 5.01 Å². The van der Waals surface area contributed by atoms with Gasteiger partial charge in [-0.15, -0.1) is 10.2 Å². The molecule has 3 rings (SSSR count). The van der Waals surface area contributed by atoms with Crippen LogP contribution in [0.1, 0.15) is 6.42 Å². The van der Waals surface area contributed by atoms with E-state index < -0.39 is 0 Å². The molecule has 2 aromatic rings. The van der Waals surface area contributed by atoms with Crippen LogP contribution in [0.2, 0.25) is 0 Å². The molecule has 0 aromatic carbocycles. The van der Waals surface area contributed by atoms with Crippen LogP contribution in [0.3, 0.4) is 0 Å².